The number of hydrogen-bond donors (Lipinski definition) is 1. The molecular formula is C24H19N5O3. The molecule has 6 rings (SSSR count). The number of fused-ring (bicyclic) bond motifs is 4. The number of aliphatic imine (C=N–C) groups is 1. The first-order valence-corrected chi connectivity index (χ1v) is 10.2. The van der Waals surface area contributed by atoms with Crippen LogP contribution in [0.2, 0.25) is 0 Å². The molecule has 1 fully saturated rings. The van der Waals surface area contributed by atoms with E-state index < -0.39 is 5.54 Å². The van der Waals surface area contributed by atoms with E-state index in [1.165, 1.54) is 0 Å². The van der Waals surface area contributed by atoms with Gasteiger partial charge in [0.1, 0.15) is 12.4 Å². The van der Waals surface area contributed by atoms with Crippen LogP contribution in [0.4, 0.5) is 0 Å². The van der Waals surface area contributed by atoms with E-state index >= 15 is 0 Å². The minimum Gasteiger partial charge on any atom is -0.462 e. The van der Waals surface area contributed by atoms with Gasteiger partial charge in [-0.25, -0.2) is 9.98 Å². The lowest BCUT2D eigenvalue weighted by Crippen LogP contribution is -2.38. The Bertz CT molecular complexity index is 1320. The van der Waals surface area contributed by atoms with Crippen molar-refractivity contribution >= 4 is 6.02 Å². The van der Waals surface area contributed by atoms with Gasteiger partial charge < -0.3 is 19.9 Å². The Hall–Kier alpha value is -3.96. The lowest BCUT2D eigenvalue weighted by molar-refractivity contribution is -0.0648. The summed E-state index contributed by atoms with van der Waals surface area (Å²) in [6.45, 7) is 3.60. The van der Waals surface area contributed by atoms with Crippen molar-refractivity contribution < 1.29 is 14.2 Å². The highest BCUT2D eigenvalue weighted by Crippen LogP contribution is 2.51. The normalized spacial score (nSPS) is 21.7. The van der Waals surface area contributed by atoms with Crippen LogP contribution in [0, 0.1) is 17.3 Å². The van der Waals surface area contributed by atoms with Crippen molar-refractivity contribution in [2.75, 3.05) is 19.8 Å². The van der Waals surface area contributed by atoms with E-state index in [0.29, 0.717) is 24.8 Å². The molecule has 3 aliphatic rings. The maximum absolute atomic E-state index is 6.14. The van der Waals surface area contributed by atoms with Gasteiger partial charge in [0.15, 0.2) is 5.54 Å². The molecule has 0 aliphatic carbocycles. The molecule has 0 radical (unpaired) electrons. The van der Waals surface area contributed by atoms with Gasteiger partial charge in [-0.1, -0.05) is 11.8 Å². The maximum Gasteiger partial charge on any atom is 0.283 e. The Morgan fingerprint density at radius 2 is 1.94 bits per heavy atom. The van der Waals surface area contributed by atoms with Crippen LogP contribution in [0.15, 0.2) is 54.0 Å². The second-order valence-corrected chi connectivity index (χ2v) is 8.38. The molecule has 8 heteroatoms. The van der Waals surface area contributed by atoms with Crippen molar-refractivity contribution in [1.82, 2.24) is 15.0 Å². The zero-order valence-corrected chi connectivity index (χ0v) is 17.3. The maximum atomic E-state index is 6.14. The summed E-state index contributed by atoms with van der Waals surface area (Å²) >= 11 is 0. The van der Waals surface area contributed by atoms with E-state index in [0.717, 1.165) is 27.9 Å². The summed E-state index contributed by atoms with van der Waals surface area (Å²) in [7, 11) is 0. The summed E-state index contributed by atoms with van der Waals surface area (Å²) in [5.41, 5.74) is 9.00. The quantitative estimate of drug-likeness (QED) is 0.598. The van der Waals surface area contributed by atoms with Crippen LogP contribution < -0.4 is 10.5 Å². The Morgan fingerprint density at radius 3 is 2.66 bits per heavy atom. The molecule has 8 nitrogen and oxygen atoms in total. The minimum absolute atomic E-state index is 0.124. The molecule has 0 amide bonds. The van der Waals surface area contributed by atoms with Crippen molar-refractivity contribution in [3.05, 3.63) is 65.7 Å². The van der Waals surface area contributed by atoms with E-state index in [-0.39, 0.29) is 18.0 Å². The minimum atomic E-state index is -0.876. The number of amidine groups is 1. The number of benzene rings is 1. The summed E-state index contributed by atoms with van der Waals surface area (Å²) < 4.78 is 17.1. The number of aromatic nitrogens is 3. The van der Waals surface area contributed by atoms with E-state index in [1.54, 1.807) is 24.8 Å². The molecule has 32 heavy (non-hydrogen) atoms. The third kappa shape index (κ3) is 2.90. The van der Waals surface area contributed by atoms with Gasteiger partial charge in [-0.2, -0.15) is 0 Å². The van der Waals surface area contributed by atoms with Crippen molar-refractivity contribution in [3.8, 4) is 34.7 Å². The van der Waals surface area contributed by atoms with E-state index in [9.17, 15) is 0 Å². The zero-order chi connectivity index (χ0) is 21.8. The summed E-state index contributed by atoms with van der Waals surface area (Å²) in [5.74, 6) is 7.64. The highest BCUT2D eigenvalue weighted by molar-refractivity contribution is 5.77. The molecule has 3 aliphatic heterocycles. The van der Waals surface area contributed by atoms with Crippen LogP contribution in [0.3, 0.4) is 0 Å². The number of nitrogens with two attached hydrogens (primary N) is 1. The highest BCUT2D eigenvalue weighted by Gasteiger charge is 2.48. The fourth-order valence-electron chi connectivity index (χ4n) is 4.11. The van der Waals surface area contributed by atoms with Crippen LogP contribution in [-0.4, -0.2) is 40.8 Å². The molecule has 1 saturated heterocycles. The molecule has 0 saturated carbocycles. The standard InChI is InChI=1S/C24H19N5O3/c1-23(12-30-13-23)5-4-15-8-18-21(28-10-15)32-20-3-2-16(19-11-26-6-7-27-19)9-17(20)24(18)14-31-22(25)29-24/h2-3,6-11H,12-14H2,1H3,(H2,25,29)/t24-/m0/s1. The Balaban J connectivity index is 1.49. The summed E-state index contributed by atoms with van der Waals surface area (Å²) in [4.78, 5) is 17.9. The number of hydrogen-bond acceptors (Lipinski definition) is 8. The molecule has 5 heterocycles. The largest absolute Gasteiger partial charge is 0.462 e. The number of pyridine rings is 1. The topological polar surface area (TPSA) is 105 Å². The van der Waals surface area contributed by atoms with E-state index in [1.807, 2.05) is 24.3 Å². The van der Waals surface area contributed by atoms with Gasteiger partial charge in [-0.05, 0) is 31.2 Å². The van der Waals surface area contributed by atoms with Crippen LogP contribution in [0.5, 0.6) is 11.6 Å². The SMILES string of the molecule is CC1(C#Cc2cnc3c(c2)[C@]2(COC(N)=N2)c2cc(-c4cnccn4)ccc2O3)COC1. The molecule has 1 aromatic carbocycles. The van der Waals surface area contributed by atoms with Gasteiger partial charge in [0.25, 0.3) is 6.02 Å². The third-order valence-electron chi connectivity index (χ3n) is 5.87. The fraction of sp³-hybridized carbons (Fsp3) is 0.250. The first-order chi connectivity index (χ1) is 15.5. The number of nitrogens with zero attached hydrogens (tertiary/aromatic N) is 4. The Kier molecular flexibility index (Phi) is 3.97. The first-order valence-electron chi connectivity index (χ1n) is 10.2. The van der Waals surface area contributed by atoms with E-state index in [2.05, 4.69) is 33.7 Å². The molecule has 0 bridgehead atoms. The molecular weight excluding hydrogens is 406 g/mol. The monoisotopic (exact) mass is 425 g/mol. The predicted molar refractivity (Wildman–Crippen MR) is 116 cm³/mol. The van der Waals surface area contributed by atoms with Crippen LogP contribution in [0.25, 0.3) is 11.3 Å². The molecule has 2 N–H and O–H groups in total. The Morgan fingerprint density at radius 1 is 1.03 bits per heavy atom. The van der Waals surface area contributed by atoms with Crippen LogP contribution in [0.1, 0.15) is 23.6 Å². The van der Waals surface area contributed by atoms with Crippen molar-refractivity contribution in [3.63, 3.8) is 0 Å². The van der Waals surface area contributed by atoms with Crippen molar-refractivity contribution in [1.29, 1.82) is 0 Å². The lowest BCUT2D eigenvalue weighted by atomic mass is 9.81. The predicted octanol–water partition coefficient (Wildman–Crippen LogP) is 2.62. The Labute approximate surface area is 184 Å². The number of rotatable bonds is 1. The average molecular weight is 425 g/mol. The molecule has 1 atom stereocenters. The summed E-state index contributed by atoms with van der Waals surface area (Å²) in [6.07, 6.45) is 6.73. The molecule has 3 aromatic rings. The number of ether oxygens (including phenoxy) is 3. The summed E-state index contributed by atoms with van der Waals surface area (Å²) in [5, 5.41) is 0. The van der Waals surface area contributed by atoms with Gasteiger partial charge in [0.2, 0.25) is 5.88 Å². The van der Waals surface area contributed by atoms with Gasteiger partial charge in [0.05, 0.1) is 36.1 Å². The zero-order valence-electron chi connectivity index (χ0n) is 17.3. The van der Waals surface area contributed by atoms with Gasteiger partial charge >= 0.3 is 0 Å². The van der Waals surface area contributed by atoms with Gasteiger partial charge in [-0.3, -0.25) is 9.97 Å². The van der Waals surface area contributed by atoms with Crippen molar-refractivity contribution in [2.45, 2.75) is 12.5 Å². The van der Waals surface area contributed by atoms with Gasteiger partial charge in [0, 0.05) is 35.3 Å². The first kappa shape index (κ1) is 18.8. The molecule has 2 aromatic heterocycles. The lowest BCUT2D eigenvalue weighted by Gasteiger charge is -2.33. The molecule has 1 spiro atoms. The smallest absolute Gasteiger partial charge is 0.283 e. The van der Waals surface area contributed by atoms with Crippen LogP contribution >= 0.6 is 0 Å². The average Bonchev–Trinajstić information content (AvgIpc) is 3.19. The van der Waals surface area contributed by atoms with Crippen molar-refractivity contribution in [2.24, 2.45) is 16.1 Å². The highest BCUT2D eigenvalue weighted by atomic mass is 16.5. The second kappa shape index (κ2) is 6.77. The fourth-order valence-corrected chi connectivity index (χ4v) is 4.11. The molecule has 0 unspecified atom stereocenters. The third-order valence-corrected chi connectivity index (χ3v) is 5.87. The van der Waals surface area contributed by atoms with Crippen LogP contribution in [-0.2, 0) is 15.0 Å². The van der Waals surface area contributed by atoms with Gasteiger partial charge in [-0.15, -0.1) is 0 Å². The second-order valence-electron chi connectivity index (χ2n) is 8.38. The molecule has 158 valence electrons. The van der Waals surface area contributed by atoms with E-state index in [4.69, 9.17) is 24.9 Å². The summed E-state index contributed by atoms with van der Waals surface area (Å²) in [6, 6.07) is 7.91.